The third kappa shape index (κ3) is 3.97. The molecule has 4 aromatic rings. The fraction of sp³-hybridized carbons (Fsp3) is 0.0909. The number of nitrogens with zero attached hydrogens (tertiary/aromatic N) is 3. The maximum atomic E-state index is 14.2. The van der Waals surface area contributed by atoms with Crippen LogP contribution in [0.4, 0.5) is 14.5 Å². The quantitative estimate of drug-likeness (QED) is 0.525. The van der Waals surface area contributed by atoms with E-state index in [1.54, 1.807) is 44.2 Å². The smallest absolute Gasteiger partial charge is 0.264 e. The van der Waals surface area contributed by atoms with Gasteiger partial charge in [0, 0.05) is 23.4 Å². The minimum absolute atomic E-state index is 0.0483. The Morgan fingerprint density at radius 1 is 1.06 bits per heavy atom. The van der Waals surface area contributed by atoms with Crippen molar-refractivity contribution in [1.29, 1.82) is 0 Å². The number of nitrogens with one attached hydrogen (secondary N) is 2. The van der Waals surface area contributed by atoms with Crippen LogP contribution in [0.25, 0.3) is 16.9 Å². The lowest BCUT2D eigenvalue weighted by atomic mass is 10.1. The Labute approximate surface area is 175 Å². The van der Waals surface area contributed by atoms with Crippen LogP contribution >= 0.6 is 0 Å². The van der Waals surface area contributed by atoms with E-state index in [2.05, 4.69) is 20.6 Å². The molecule has 2 aromatic carbocycles. The molecule has 0 unspecified atom stereocenters. The molecule has 0 atom stereocenters. The van der Waals surface area contributed by atoms with Crippen LogP contribution in [0.2, 0.25) is 0 Å². The van der Waals surface area contributed by atoms with Crippen molar-refractivity contribution < 1.29 is 13.6 Å². The molecule has 2 aromatic heterocycles. The SMILES string of the molecule is Cc1nn(-c2ccc(F)cc2F)c(C)c1C(=O)Nc1cccc(-c2ccc(=O)[nH]n2)c1. The normalized spacial score (nSPS) is 10.8. The van der Waals surface area contributed by atoms with Crippen molar-refractivity contribution in [2.24, 2.45) is 0 Å². The van der Waals surface area contributed by atoms with Crippen LogP contribution in [-0.4, -0.2) is 25.9 Å². The Kier molecular flexibility index (Phi) is 5.16. The van der Waals surface area contributed by atoms with Crippen molar-refractivity contribution in [2.45, 2.75) is 13.8 Å². The average molecular weight is 421 g/mol. The van der Waals surface area contributed by atoms with Gasteiger partial charge in [0.25, 0.3) is 11.5 Å². The van der Waals surface area contributed by atoms with Crippen molar-refractivity contribution in [1.82, 2.24) is 20.0 Å². The van der Waals surface area contributed by atoms with Gasteiger partial charge in [-0.25, -0.2) is 18.6 Å². The topological polar surface area (TPSA) is 92.7 Å². The van der Waals surface area contributed by atoms with Crippen LogP contribution in [0, 0.1) is 25.5 Å². The number of hydrogen-bond acceptors (Lipinski definition) is 4. The van der Waals surface area contributed by atoms with Crippen LogP contribution in [0.3, 0.4) is 0 Å². The summed E-state index contributed by atoms with van der Waals surface area (Å²) in [4.78, 5) is 24.2. The van der Waals surface area contributed by atoms with Gasteiger partial charge in [-0.05, 0) is 44.2 Å². The summed E-state index contributed by atoms with van der Waals surface area (Å²) in [7, 11) is 0. The molecule has 1 amide bonds. The molecular formula is C22H17F2N5O2. The van der Waals surface area contributed by atoms with Crippen LogP contribution in [0.5, 0.6) is 0 Å². The van der Waals surface area contributed by atoms with E-state index in [4.69, 9.17) is 0 Å². The zero-order valence-corrected chi connectivity index (χ0v) is 16.6. The second kappa shape index (κ2) is 7.94. The van der Waals surface area contributed by atoms with Crippen molar-refractivity contribution in [3.05, 3.63) is 93.5 Å². The van der Waals surface area contributed by atoms with Crippen molar-refractivity contribution in [3.63, 3.8) is 0 Å². The highest BCUT2D eigenvalue weighted by atomic mass is 19.1. The molecule has 0 aliphatic carbocycles. The van der Waals surface area contributed by atoms with Gasteiger partial charge in [-0.1, -0.05) is 12.1 Å². The molecule has 0 aliphatic heterocycles. The first-order valence-electron chi connectivity index (χ1n) is 9.32. The van der Waals surface area contributed by atoms with Crippen molar-refractivity contribution in [3.8, 4) is 16.9 Å². The molecule has 0 bridgehead atoms. The minimum Gasteiger partial charge on any atom is -0.322 e. The van der Waals surface area contributed by atoms with Gasteiger partial charge in [-0.3, -0.25) is 9.59 Å². The second-order valence-electron chi connectivity index (χ2n) is 6.89. The fourth-order valence-electron chi connectivity index (χ4n) is 3.31. The molecule has 0 radical (unpaired) electrons. The van der Waals surface area contributed by atoms with E-state index in [-0.39, 0.29) is 16.8 Å². The summed E-state index contributed by atoms with van der Waals surface area (Å²) in [5.74, 6) is -1.90. The number of aryl methyl sites for hydroxylation is 1. The van der Waals surface area contributed by atoms with Gasteiger partial charge in [-0.2, -0.15) is 10.2 Å². The summed E-state index contributed by atoms with van der Waals surface area (Å²) >= 11 is 0. The third-order valence-electron chi connectivity index (χ3n) is 4.75. The van der Waals surface area contributed by atoms with Gasteiger partial charge in [0.05, 0.1) is 22.6 Å². The largest absolute Gasteiger partial charge is 0.322 e. The molecule has 4 rings (SSSR count). The van der Waals surface area contributed by atoms with E-state index in [1.807, 2.05) is 0 Å². The number of benzene rings is 2. The maximum Gasteiger partial charge on any atom is 0.264 e. The van der Waals surface area contributed by atoms with Crippen molar-refractivity contribution in [2.75, 3.05) is 5.32 Å². The average Bonchev–Trinajstić information content (AvgIpc) is 3.02. The summed E-state index contributed by atoms with van der Waals surface area (Å²) in [5.41, 5.74) is 2.60. The number of rotatable bonds is 4. The number of amides is 1. The first kappa shape index (κ1) is 20.1. The molecule has 31 heavy (non-hydrogen) atoms. The molecule has 0 aliphatic rings. The molecule has 7 nitrogen and oxygen atoms in total. The lowest BCUT2D eigenvalue weighted by Gasteiger charge is -2.09. The minimum atomic E-state index is -0.779. The zero-order chi connectivity index (χ0) is 22.1. The lowest BCUT2D eigenvalue weighted by molar-refractivity contribution is 0.102. The second-order valence-corrected chi connectivity index (χ2v) is 6.89. The predicted octanol–water partition coefficient (Wildman–Crippen LogP) is 3.77. The van der Waals surface area contributed by atoms with Crippen LogP contribution < -0.4 is 10.9 Å². The Morgan fingerprint density at radius 3 is 2.58 bits per heavy atom. The Hall–Kier alpha value is -4.14. The molecule has 2 N–H and O–H groups in total. The summed E-state index contributed by atoms with van der Waals surface area (Å²) in [6.45, 7) is 3.28. The number of halogens is 2. The number of aromatic nitrogens is 4. The highest BCUT2D eigenvalue weighted by Gasteiger charge is 2.21. The highest BCUT2D eigenvalue weighted by Crippen LogP contribution is 2.24. The summed E-state index contributed by atoms with van der Waals surface area (Å²) in [6, 6.07) is 13.1. The van der Waals surface area contributed by atoms with E-state index in [0.717, 1.165) is 12.1 Å². The van der Waals surface area contributed by atoms with E-state index < -0.39 is 17.5 Å². The zero-order valence-electron chi connectivity index (χ0n) is 16.6. The van der Waals surface area contributed by atoms with E-state index in [0.29, 0.717) is 28.3 Å². The number of carbonyl (C=O) groups is 1. The first-order chi connectivity index (χ1) is 14.8. The van der Waals surface area contributed by atoms with Gasteiger partial charge in [0.15, 0.2) is 5.82 Å². The number of H-pyrrole nitrogens is 1. The Bertz CT molecular complexity index is 1340. The summed E-state index contributed by atoms with van der Waals surface area (Å²) < 4.78 is 28.7. The summed E-state index contributed by atoms with van der Waals surface area (Å²) in [6.07, 6.45) is 0. The standard InChI is InChI=1S/C22H17F2N5O2/c1-12-21(13(2)29(28-12)19-8-6-15(23)11-17(19)24)22(31)25-16-5-3-4-14(10-16)18-7-9-20(30)27-26-18/h3-11H,1-2H3,(H,25,31)(H,27,30). The van der Waals surface area contributed by atoms with Crippen LogP contribution in [0.15, 0.2) is 59.4 Å². The summed E-state index contributed by atoms with van der Waals surface area (Å²) in [5, 5.41) is 13.4. The predicted molar refractivity (Wildman–Crippen MR) is 111 cm³/mol. The van der Waals surface area contributed by atoms with Gasteiger partial charge in [0.1, 0.15) is 11.5 Å². The monoisotopic (exact) mass is 421 g/mol. The molecule has 0 spiro atoms. The molecule has 0 saturated carbocycles. The third-order valence-corrected chi connectivity index (χ3v) is 4.75. The van der Waals surface area contributed by atoms with E-state index in [9.17, 15) is 18.4 Å². The molecule has 0 saturated heterocycles. The molecule has 0 fully saturated rings. The number of anilines is 1. The van der Waals surface area contributed by atoms with Gasteiger partial charge < -0.3 is 5.32 Å². The van der Waals surface area contributed by atoms with Crippen LogP contribution in [0.1, 0.15) is 21.7 Å². The number of aromatic amines is 1. The van der Waals surface area contributed by atoms with Gasteiger partial charge in [0.2, 0.25) is 0 Å². The maximum absolute atomic E-state index is 14.2. The first-order valence-corrected chi connectivity index (χ1v) is 9.32. The molecule has 9 heteroatoms. The molecule has 156 valence electrons. The van der Waals surface area contributed by atoms with E-state index in [1.165, 1.54) is 16.8 Å². The van der Waals surface area contributed by atoms with Gasteiger partial charge >= 0.3 is 0 Å². The Morgan fingerprint density at radius 2 is 1.87 bits per heavy atom. The van der Waals surface area contributed by atoms with Gasteiger partial charge in [-0.15, -0.1) is 0 Å². The fourth-order valence-corrected chi connectivity index (χ4v) is 3.31. The Balaban J connectivity index is 1.64. The molecular weight excluding hydrogens is 404 g/mol. The van der Waals surface area contributed by atoms with E-state index >= 15 is 0 Å². The number of carbonyl (C=O) groups excluding carboxylic acids is 1. The number of hydrogen-bond donors (Lipinski definition) is 2. The van der Waals surface area contributed by atoms with Crippen LogP contribution in [-0.2, 0) is 0 Å². The lowest BCUT2D eigenvalue weighted by Crippen LogP contribution is -2.14. The highest BCUT2D eigenvalue weighted by molar-refractivity contribution is 6.06. The van der Waals surface area contributed by atoms with Crippen molar-refractivity contribution >= 4 is 11.6 Å². The molecule has 2 heterocycles.